The van der Waals surface area contributed by atoms with Gasteiger partial charge in [0.25, 0.3) is 0 Å². The molecule has 1 saturated heterocycles. The van der Waals surface area contributed by atoms with Crippen molar-refractivity contribution in [1.82, 2.24) is 9.97 Å². The van der Waals surface area contributed by atoms with E-state index in [-0.39, 0.29) is 18.2 Å². The molecule has 1 aliphatic heterocycles. The number of anilines is 2. The fraction of sp³-hybridized carbons (Fsp3) is 0.500. The quantitative estimate of drug-likeness (QED) is 0.541. The Morgan fingerprint density at radius 1 is 1.22 bits per heavy atom. The van der Waals surface area contributed by atoms with E-state index in [4.69, 9.17) is 25.8 Å². The molecule has 0 saturated carbocycles. The summed E-state index contributed by atoms with van der Waals surface area (Å²) < 4.78 is 15.5. The molecule has 0 amide bonds. The van der Waals surface area contributed by atoms with Gasteiger partial charge in [0.15, 0.2) is 11.6 Å². The number of benzene rings is 1. The smallest absolute Gasteiger partial charge is 0.345 e. The molecule has 1 aromatic carbocycles. The number of methoxy groups -OCH3 is 3. The van der Waals surface area contributed by atoms with Gasteiger partial charge in [0.2, 0.25) is 0 Å². The predicted molar refractivity (Wildman–Crippen MR) is 122 cm³/mol. The van der Waals surface area contributed by atoms with Crippen LogP contribution < -0.4 is 19.7 Å². The first kappa shape index (κ1) is 23.9. The van der Waals surface area contributed by atoms with E-state index >= 15 is 0 Å². The van der Waals surface area contributed by atoms with E-state index in [1.807, 2.05) is 11.0 Å². The molecule has 1 aliphatic rings. The molecule has 0 radical (unpaired) electrons. The van der Waals surface area contributed by atoms with E-state index < -0.39 is 5.97 Å². The Hall–Kier alpha value is -2.78. The van der Waals surface area contributed by atoms with Gasteiger partial charge < -0.3 is 29.5 Å². The van der Waals surface area contributed by atoms with Crippen LogP contribution in [0.4, 0.5) is 11.6 Å². The van der Waals surface area contributed by atoms with E-state index in [1.165, 1.54) is 14.2 Å². The standard InChI is InChI=1S/C22H29ClN4O5/c1-30-17-5-4-15(12-16(17)23)13-24-19-18(21(29)31-2)20(26-22(25-19)32-3)27-9-6-14(7-10-27)8-11-28/h4-5,12,14,28H,6-11,13H2,1-3H3,(H,24,25,26). The number of aliphatic hydroxyl groups excluding tert-OH is 1. The van der Waals surface area contributed by atoms with Crippen molar-refractivity contribution >= 4 is 29.2 Å². The first-order valence-corrected chi connectivity index (χ1v) is 10.8. The molecular weight excluding hydrogens is 436 g/mol. The minimum absolute atomic E-state index is 0.153. The lowest BCUT2D eigenvalue weighted by Crippen LogP contribution is -2.36. The predicted octanol–water partition coefficient (Wildman–Crippen LogP) is 3.14. The molecule has 2 aromatic rings. The summed E-state index contributed by atoms with van der Waals surface area (Å²) in [5.41, 5.74) is 1.14. The maximum absolute atomic E-state index is 12.7. The normalized spacial score (nSPS) is 14.2. The molecule has 0 spiro atoms. The average Bonchev–Trinajstić information content (AvgIpc) is 2.82. The summed E-state index contributed by atoms with van der Waals surface area (Å²) in [5.74, 6) is 1.31. The second kappa shape index (κ2) is 11.2. The Balaban J connectivity index is 1.90. The topological polar surface area (TPSA) is 106 Å². The number of carbonyl (C=O) groups excluding carboxylic acids is 1. The summed E-state index contributed by atoms with van der Waals surface area (Å²) in [7, 11) is 4.37. The summed E-state index contributed by atoms with van der Waals surface area (Å²) in [5, 5.41) is 12.9. The molecule has 3 rings (SSSR count). The Morgan fingerprint density at radius 3 is 2.56 bits per heavy atom. The van der Waals surface area contributed by atoms with Gasteiger partial charge in [0, 0.05) is 26.2 Å². The van der Waals surface area contributed by atoms with Crippen LogP contribution in [0.15, 0.2) is 18.2 Å². The fourth-order valence-electron chi connectivity index (χ4n) is 3.79. The van der Waals surface area contributed by atoms with E-state index in [2.05, 4.69) is 15.3 Å². The molecular formula is C22H29ClN4O5. The zero-order valence-electron chi connectivity index (χ0n) is 18.6. The molecule has 10 heteroatoms. The van der Waals surface area contributed by atoms with Gasteiger partial charge in [-0.15, -0.1) is 0 Å². The van der Waals surface area contributed by atoms with Crippen molar-refractivity contribution < 1.29 is 24.1 Å². The maximum atomic E-state index is 12.7. The van der Waals surface area contributed by atoms with Crippen molar-refractivity contribution in [3.8, 4) is 11.8 Å². The Labute approximate surface area is 192 Å². The zero-order chi connectivity index (χ0) is 23.1. The zero-order valence-corrected chi connectivity index (χ0v) is 19.3. The Kier molecular flexibility index (Phi) is 8.35. The van der Waals surface area contributed by atoms with Crippen molar-refractivity contribution in [2.45, 2.75) is 25.8 Å². The van der Waals surface area contributed by atoms with Crippen LogP contribution >= 0.6 is 11.6 Å². The monoisotopic (exact) mass is 464 g/mol. The summed E-state index contributed by atoms with van der Waals surface area (Å²) in [6, 6.07) is 5.60. The fourth-order valence-corrected chi connectivity index (χ4v) is 4.07. The molecule has 9 nitrogen and oxygen atoms in total. The third kappa shape index (κ3) is 5.52. The molecule has 2 N–H and O–H groups in total. The largest absolute Gasteiger partial charge is 0.495 e. The number of rotatable bonds is 9. The number of esters is 1. The number of carbonyl (C=O) groups is 1. The van der Waals surface area contributed by atoms with E-state index in [1.54, 1.807) is 19.2 Å². The van der Waals surface area contributed by atoms with Gasteiger partial charge in [-0.3, -0.25) is 0 Å². The highest BCUT2D eigenvalue weighted by atomic mass is 35.5. The Bertz CT molecular complexity index is 935. The van der Waals surface area contributed by atoms with E-state index in [9.17, 15) is 9.90 Å². The number of nitrogens with one attached hydrogen (secondary N) is 1. The summed E-state index contributed by atoms with van der Waals surface area (Å²) in [4.78, 5) is 23.6. The van der Waals surface area contributed by atoms with Gasteiger partial charge in [0.05, 0.1) is 26.4 Å². The first-order valence-electron chi connectivity index (χ1n) is 10.5. The minimum atomic E-state index is -0.532. The van der Waals surface area contributed by atoms with Gasteiger partial charge in [-0.1, -0.05) is 17.7 Å². The number of aliphatic hydroxyl groups is 1. The molecule has 1 fully saturated rings. The lowest BCUT2D eigenvalue weighted by atomic mass is 9.94. The highest BCUT2D eigenvalue weighted by Gasteiger charge is 2.29. The van der Waals surface area contributed by atoms with Crippen LogP contribution in [-0.2, 0) is 11.3 Å². The number of hydrogen-bond donors (Lipinski definition) is 2. The van der Waals surface area contributed by atoms with Gasteiger partial charge in [0.1, 0.15) is 11.3 Å². The number of halogens is 1. The minimum Gasteiger partial charge on any atom is -0.495 e. The second-order valence-electron chi connectivity index (χ2n) is 7.51. The SMILES string of the molecule is COC(=O)c1c(NCc2ccc(OC)c(Cl)c2)nc(OC)nc1N1CCC(CCO)CC1. The second-order valence-corrected chi connectivity index (χ2v) is 7.92. The third-order valence-corrected chi connectivity index (χ3v) is 5.86. The maximum Gasteiger partial charge on any atom is 0.345 e. The van der Waals surface area contributed by atoms with Gasteiger partial charge in [-0.25, -0.2) is 4.79 Å². The molecule has 32 heavy (non-hydrogen) atoms. The summed E-state index contributed by atoms with van der Waals surface area (Å²) >= 11 is 6.23. The Morgan fingerprint density at radius 2 is 1.97 bits per heavy atom. The van der Waals surface area contributed by atoms with E-state index in [0.717, 1.165) is 24.8 Å². The first-order chi connectivity index (χ1) is 15.5. The van der Waals surface area contributed by atoms with Crippen LogP contribution in [0.5, 0.6) is 11.8 Å². The molecule has 0 atom stereocenters. The van der Waals surface area contributed by atoms with Crippen LogP contribution in [0.1, 0.15) is 35.2 Å². The highest BCUT2D eigenvalue weighted by molar-refractivity contribution is 6.32. The summed E-state index contributed by atoms with van der Waals surface area (Å²) in [6.45, 7) is 1.97. The van der Waals surface area contributed by atoms with Crippen molar-refractivity contribution in [2.24, 2.45) is 5.92 Å². The van der Waals surface area contributed by atoms with Gasteiger partial charge in [-0.05, 0) is 42.9 Å². The van der Waals surface area contributed by atoms with Gasteiger partial charge >= 0.3 is 12.0 Å². The third-order valence-electron chi connectivity index (χ3n) is 5.57. The molecule has 1 aromatic heterocycles. The molecule has 0 unspecified atom stereocenters. The average molecular weight is 465 g/mol. The molecule has 174 valence electrons. The van der Waals surface area contributed by atoms with Crippen molar-refractivity contribution in [3.63, 3.8) is 0 Å². The number of hydrogen-bond acceptors (Lipinski definition) is 9. The van der Waals surface area contributed by atoms with Crippen LogP contribution in [0, 0.1) is 5.92 Å². The lowest BCUT2D eigenvalue weighted by Gasteiger charge is -2.33. The van der Waals surface area contributed by atoms with Crippen molar-refractivity contribution in [2.75, 3.05) is 51.2 Å². The number of aromatic nitrogens is 2. The highest BCUT2D eigenvalue weighted by Crippen LogP contribution is 2.32. The van der Waals surface area contributed by atoms with Crippen LogP contribution in [0.25, 0.3) is 0 Å². The lowest BCUT2D eigenvalue weighted by molar-refractivity contribution is 0.0601. The van der Waals surface area contributed by atoms with E-state index in [0.29, 0.717) is 48.0 Å². The number of piperidine rings is 1. The van der Waals surface area contributed by atoms with Crippen LogP contribution in [0.3, 0.4) is 0 Å². The molecule has 2 heterocycles. The summed E-state index contributed by atoms with van der Waals surface area (Å²) in [6.07, 6.45) is 2.59. The molecule has 0 bridgehead atoms. The van der Waals surface area contributed by atoms with Crippen LogP contribution in [0.2, 0.25) is 5.02 Å². The van der Waals surface area contributed by atoms with Crippen molar-refractivity contribution in [3.05, 3.63) is 34.3 Å². The number of ether oxygens (including phenoxy) is 3. The van der Waals surface area contributed by atoms with Gasteiger partial charge in [-0.2, -0.15) is 9.97 Å². The number of nitrogens with zero attached hydrogens (tertiary/aromatic N) is 3. The van der Waals surface area contributed by atoms with Crippen LogP contribution in [-0.4, -0.2) is 62.1 Å². The van der Waals surface area contributed by atoms with Crippen molar-refractivity contribution in [1.29, 1.82) is 0 Å². The molecule has 0 aliphatic carbocycles.